The van der Waals surface area contributed by atoms with Crippen molar-refractivity contribution in [2.75, 3.05) is 5.32 Å². The summed E-state index contributed by atoms with van der Waals surface area (Å²) in [5, 5.41) is 3.32. The lowest BCUT2D eigenvalue weighted by Gasteiger charge is -2.14. The topological polar surface area (TPSA) is 54.9 Å². The second-order valence-corrected chi connectivity index (χ2v) is 3.74. The quantitative estimate of drug-likeness (QED) is 0.621. The molecule has 15 heavy (non-hydrogen) atoms. The van der Waals surface area contributed by atoms with E-state index in [1.54, 1.807) is 0 Å². The summed E-state index contributed by atoms with van der Waals surface area (Å²) in [6.45, 7) is 4.14. The first-order chi connectivity index (χ1) is 7.19. The zero-order chi connectivity index (χ0) is 11.3. The molecule has 0 saturated carbocycles. The zero-order valence-corrected chi connectivity index (χ0v) is 9.58. The van der Waals surface area contributed by atoms with Crippen LogP contribution in [0.2, 0.25) is 5.15 Å². The minimum atomic E-state index is 0.186. The maximum absolute atomic E-state index is 10.8. The molecule has 5 heteroatoms. The summed E-state index contributed by atoms with van der Waals surface area (Å²) in [6, 6.07) is 0.264. The Morgan fingerprint density at radius 3 is 2.93 bits per heavy atom. The van der Waals surface area contributed by atoms with E-state index in [0.717, 1.165) is 12.8 Å². The third-order valence-electron chi connectivity index (χ3n) is 2.06. The smallest absolute Gasteiger partial charge is 0.156 e. The second kappa shape index (κ2) is 5.66. The van der Waals surface area contributed by atoms with Gasteiger partial charge in [-0.1, -0.05) is 24.9 Å². The molecule has 82 valence electrons. The number of anilines is 1. The van der Waals surface area contributed by atoms with Crippen molar-refractivity contribution in [1.82, 2.24) is 9.97 Å². The van der Waals surface area contributed by atoms with Gasteiger partial charge in [-0.2, -0.15) is 0 Å². The molecule has 1 aromatic heterocycles. The predicted octanol–water partition coefficient (Wildman–Crippen LogP) is 2.54. The van der Waals surface area contributed by atoms with Crippen molar-refractivity contribution in [3.63, 3.8) is 0 Å². The molecule has 0 amide bonds. The van der Waals surface area contributed by atoms with Gasteiger partial charge in [0, 0.05) is 6.04 Å². The summed E-state index contributed by atoms with van der Waals surface area (Å²) in [7, 11) is 0. The molecule has 0 aromatic carbocycles. The first kappa shape index (κ1) is 11.9. The lowest BCUT2D eigenvalue weighted by molar-refractivity contribution is 0.112. The van der Waals surface area contributed by atoms with Crippen LogP contribution in [0.5, 0.6) is 0 Å². The number of rotatable bonds is 5. The van der Waals surface area contributed by atoms with Crippen LogP contribution < -0.4 is 5.32 Å². The zero-order valence-electron chi connectivity index (χ0n) is 8.83. The van der Waals surface area contributed by atoms with Crippen LogP contribution in [0.3, 0.4) is 0 Å². The Kier molecular flexibility index (Phi) is 4.49. The third-order valence-corrected chi connectivity index (χ3v) is 2.36. The van der Waals surface area contributed by atoms with Gasteiger partial charge in [0.15, 0.2) is 6.29 Å². The highest BCUT2D eigenvalue weighted by Crippen LogP contribution is 2.18. The van der Waals surface area contributed by atoms with Gasteiger partial charge in [-0.3, -0.25) is 4.79 Å². The molecule has 0 spiro atoms. The minimum Gasteiger partial charge on any atom is -0.367 e. The van der Waals surface area contributed by atoms with Crippen LogP contribution in [0.4, 0.5) is 5.82 Å². The number of carbonyl (C=O) groups excluding carboxylic acids is 1. The Bertz CT molecular complexity index is 343. The Balaban J connectivity index is 2.84. The van der Waals surface area contributed by atoms with Crippen molar-refractivity contribution in [2.24, 2.45) is 0 Å². The maximum Gasteiger partial charge on any atom is 0.156 e. The molecule has 0 saturated heterocycles. The number of halogens is 1. The number of aromatic nitrogens is 2. The van der Waals surface area contributed by atoms with Crippen molar-refractivity contribution >= 4 is 23.7 Å². The first-order valence-corrected chi connectivity index (χ1v) is 5.29. The molecule has 1 heterocycles. The Hall–Kier alpha value is -1.16. The van der Waals surface area contributed by atoms with E-state index in [1.165, 1.54) is 6.33 Å². The Morgan fingerprint density at radius 2 is 2.33 bits per heavy atom. The van der Waals surface area contributed by atoms with E-state index in [-0.39, 0.29) is 11.2 Å². The van der Waals surface area contributed by atoms with Gasteiger partial charge >= 0.3 is 0 Å². The van der Waals surface area contributed by atoms with Gasteiger partial charge in [0.1, 0.15) is 17.3 Å². The Labute approximate surface area is 94.1 Å². The van der Waals surface area contributed by atoms with Crippen molar-refractivity contribution < 1.29 is 4.79 Å². The summed E-state index contributed by atoms with van der Waals surface area (Å²) >= 11 is 5.77. The lowest BCUT2D eigenvalue weighted by Crippen LogP contribution is -2.17. The van der Waals surface area contributed by atoms with Gasteiger partial charge in [-0.15, -0.1) is 0 Å². The van der Waals surface area contributed by atoms with Gasteiger partial charge in [0.25, 0.3) is 0 Å². The van der Waals surface area contributed by atoms with Crippen LogP contribution in [0.1, 0.15) is 37.0 Å². The van der Waals surface area contributed by atoms with Gasteiger partial charge < -0.3 is 5.32 Å². The molecular formula is C10H14ClN3O. The second-order valence-electron chi connectivity index (χ2n) is 3.38. The molecule has 1 atom stereocenters. The van der Waals surface area contributed by atoms with Crippen LogP contribution in [-0.2, 0) is 0 Å². The van der Waals surface area contributed by atoms with Crippen LogP contribution >= 0.6 is 11.6 Å². The minimum absolute atomic E-state index is 0.186. The lowest BCUT2D eigenvalue weighted by atomic mass is 10.2. The summed E-state index contributed by atoms with van der Waals surface area (Å²) in [6.07, 6.45) is 4.10. The molecular weight excluding hydrogens is 214 g/mol. The molecule has 1 N–H and O–H groups in total. The van der Waals surface area contributed by atoms with Crippen molar-refractivity contribution in [2.45, 2.75) is 32.7 Å². The van der Waals surface area contributed by atoms with Gasteiger partial charge in [-0.05, 0) is 13.3 Å². The summed E-state index contributed by atoms with van der Waals surface area (Å²) in [5.74, 6) is 0.506. The fraction of sp³-hybridized carbons (Fsp3) is 0.500. The normalized spacial score (nSPS) is 12.2. The molecule has 0 radical (unpaired) electrons. The number of aldehydes is 1. The van der Waals surface area contributed by atoms with E-state index in [2.05, 4.69) is 22.2 Å². The average Bonchev–Trinajstić information content (AvgIpc) is 2.18. The molecule has 0 aliphatic rings. The van der Waals surface area contributed by atoms with Crippen LogP contribution in [0.15, 0.2) is 6.33 Å². The third kappa shape index (κ3) is 3.16. The molecule has 1 aromatic rings. The molecule has 0 aliphatic heterocycles. The molecule has 0 fully saturated rings. The highest BCUT2D eigenvalue weighted by atomic mass is 35.5. The van der Waals surface area contributed by atoms with Crippen molar-refractivity contribution in [3.05, 3.63) is 17.0 Å². The summed E-state index contributed by atoms with van der Waals surface area (Å²) < 4.78 is 0. The number of hydrogen-bond acceptors (Lipinski definition) is 4. The molecule has 1 rings (SSSR count). The van der Waals surface area contributed by atoms with E-state index >= 15 is 0 Å². The van der Waals surface area contributed by atoms with E-state index in [4.69, 9.17) is 11.6 Å². The maximum atomic E-state index is 10.8. The fourth-order valence-electron chi connectivity index (χ4n) is 1.33. The standard InChI is InChI=1S/C10H14ClN3O/c1-3-4-7(2)14-10-8(5-15)9(11)12-6-13-10/h5-7H,3-4H2,1-2H3,(H,12,13,14). The van der Waals surface area contributed by atoms with Gasteiger partial charge in [-0.25, -0.2) is 9.97 Å². The first-order valence-electron chi connectivity index (χ1n) is 4.91. The number of hydrogen-bond donors (Lipinski definition) is 1. The number of carbonyl (C=O) groups is 1. The van der Waals surface area contributed by atoms with E-state index in [0.29, 0.717) is 17.7 Å². The van der Waals surface area contributed by atoms with Crippen LogP contribution in [0, 0.1) is 0 Å². The predicted molar refractivity (Wildman–Crippen MR) is 60.4 cm³/mol. The van der Waals surface area contributed by atoms with Crippen LogP contribution in [0.25, 0.3) is 0 Å². The van der Waals surface area contributed by atoms with E-state index in [9.17, 15) is 4.79 Å². The highest BCUT2D eigenvalue weighted by Gasteiger charge is 2.10. The van der Waals surface area contributed by atoms with Crippen molar-refractivity contribution in [3.8, 4) is 0 Å². The molecule has 0 aliphatic carbocycles. The van der Waals surface area contributed by atoms with E-state index in [1.807, 2.05) is 6.92 Å². The van der Waals surface area contributed by atoms with Gasteiger partial charge in [0.2, 0.25) is 0 Å². The summed E-state index contributed by atoms with van der Waals surface area (Å²) in [5.41, 5.74) is 0.321. The van der Waals surface area contributed by atoms with Gasteiger partial charge in [0.05, 0.1) is 5.56 Å². The summed E-state index contributed by atoms with van der Waals surface area (Å²) in [4.78, 5) is 18.5. The Morgan fingerprint density at radius 1 is 1.60 bits per heavy atom. The molecule has 4 nitrogen and oxygen atoms in total. The fourth-order valence-corrected chi connectivity index (χ4v) is 1.51. The average molecular weight is 228 g/mol. The van der Waals surface area contributed by atoms with Crippen LogP contribution in [-0.4, -0.2) is 22.3 Å². The highest BCUT2D eigenvalue weighted by molar-refractivity contribution is 6.32. The molecule has 1 unspecified atom stereocenters. The molecule has 0 bridgehead atoms. The van der Waals surface area contributed by atoms with Crippen molar-refractivity contribution in [1.29, 1.82) is 0 Å². The largest absolute Gasteiger partial charge is 0.367 e. The monoisotopic (exact) mass is 227 g/mol. The number of nitrogens with one attached hydrogen (secondary N) is 1. The van der Waals surface area contributed by atoms with E-state index < -0.39 is 0 Å². The number of nitrogens with zero attached hydrogens (tertiary/aromatic N) is 2. The SMILES string of the molecule is CCCC(C)Nc1ncnc(Cl)c1C=O.